The molecule has 0 bridgehead atoms. The topological polar surface area (TPSA) is 98.5 Å². The van der Waals surface area contributed by atoms with E-state index in [-0.39, 0.29) is 11.7 Å². The first-order valence-electron chi connectivity index (χ1n) is 8.70. The van der Waals surface area contributed by atoms with E-state index < -0.39 is 16.9 Å². The lowest BCUT2D eigenvalue weighted by molar-refractivity contribution is -0.384. The Morgan fingerprint density at radius 3 is 2.48 bits per heavy atom. The highest BCUT2D eigenvalue weighted by Crippen LogP contribution is 2.27. The van der Waals surface area contributed by atoms with Crippen LogP contribution in [0.1, 0.15) is 51.9 Å². The van der Waals surface area contributed by atoms with Crippen LogP contribution in [0.2, 0.25) is 0 Å². The van der Waals surface area contributed by atoms with Crippen LogP contribution in [-0.4, -0.2) is 22.9 Å². The molecule has 7 nitrogen and oxygen atoms in total. The Labute approximate surface area is 146 Å². The van der Waals surface area contributed by atoms with Gasteiger partial charge in [0.1, 0.15) is 0 Å². The van der Waals surface area contributed by atoms with Gasteiger partial charge in [0, 0.05) is 24.2 Å². The largest absolute Gasteiger partial charge is 0.453 e. The minimum Gasteiger partial charge on any atom is -0.453 e. The highest BCUT2D eigenvalue weighted by Gasteiger charge is 2.20. The standard InChI is InChI=1S/C18H24N2O5/c1-13(25-17(21)12-7-14-5-3-2-4-6-14)18(22)19-15-8-10-16(11-9-15)20(23)24/h8-11,13-14H,2-7,12H2,1H3,(H,19,22). The van der Waals surface area contributed by atoms with Crippen molar-refractivity contribution in [1.82, 2.24) is 0 Å². The molecule has 2 rings (SSSR count). The van der Waals surface area contributed by atoms with Crippen molar-refractivity contribution >= 4 is 23.3 Å². The van der Waals surface area contributed by atoms with Crippen molar-refractivity contribution in [2.75, 3.05) is 5.32 Å². The van der Waals surface area contributed by atoms with E-state index in [2.05, 4.69) is 5.32 Å². The van der Waals surface area contributed by atoms with Crippen molar-refractivity contribution in [2.24, 2.45) is 5.92 Å². The number of hydrogen-bond donors (Lipinski definition) is 1. The predicted octanol–water partition coefficient (Wildman–Crippen LogP) is 3.83. The molecule has 1 saturated carbocycles. The average molecular weight is 348 g/mol. The zero-order valence-electron chi connectivity index (χ0n) is 14.4. The monoisotopic (exact) mass is 348 g/mol. The quantitative estimate of drug-likeness (QED) is 0.459. The lowest BCUT2D eigenvalue weighted by atomic mass is 9.86. The number of carbonyl (C=O) groups excluding carboxylic acids is 2. The summed E-state index contributed by atoms with van der Waals surface area (Å²) in [6, 6.07) is 5.48. The summed E-state index contributed by atoms with van der Waals surface area (Å²) in [5.74, 6) is -0.234. The van der Waals surface area contributed by atoms with Crippen LogP contribution in [0.15, 0.2) is 24.3 Å². The number of nitro benzene ring substituents is 1. The van der Waals surface area contributed by atoms with Crippen molar-refractivity contribution in [3.8, 4) is 0 Å². The minimum absolute atomic E-state index is 0.0554. The number of rotatable bonds is 7. The van der Waals surface area contributed by atoms with Gasteiger partial charge in [0.2, 0.25) is 0 Å². The number of anilines is 1. The Bertz CT molecular complexity index is 608. The second-order valence-corrected chi connectivity index (χ2v) is 6.47. The molecule has 0 aromatic heterocycles. The molecule has 0 spiro atoms. The number of ether oxygens (including phenoxy) is 1. The van der Waals surface area contributed by atoms with E-state index in [1.807, 2.05) is 0 Å². The number of non-ortho nitro benzene ring substituents is 1. The van der Waals surface area contributed by atoms with E-state index >= 15 is 0 Å². The predicted molar refractivity (Wildman–Crippen MR) is 93.1 cm³/mol. The summed E-state index contributed by atoms with van der Waals surface area (Å²) < 4.78 is 5.18. The van der Waals surface area contributed by atoms with Crippen LogP contribution in [0.3, 0.4) is 0 Å². The molecule has 0 heterocycles. The highest BCUT2D eigenvalue weighted by molar-refractivity contribution is 5.95. The highest BCUT2D eigenvalue weighted by atomic mass is 16.6. The van der Waals surface area contributed by atoms with Gasteiger partial charge in [0.25, 0.3) is 11.6 Å². The first kappa shape index (κ1) is 18.9. The van der Waals surface area contributed by atoms with Crippen molar-refractivity contribution in [3.63, 3.8) is 0 Å². The van der Waals surface area contributed by atoms with Crippen LogP contribution in [0.4, 0.5) is 11.4 Å². The first-order chi connectivity index (χ1) is 12.0. The molecule has 25 heavy (non-hydrogen) atoms. The average Bonchev–Trinajstić information content (AvgIpc) is 2.61. The third-order valence-electron chi connectivity index (χ3n) is 4.50. The van der Waals surface area contributed by atoms with Crippen LogP contribution in [0.5, 0.6) is 0 Å². The molecule has 1 fully saturated rings. The van der Waals surface area contributed by atoms with Crippen molar-refractivity contribution in [3.05, 3.63) is 34.4 Å². The number of hydrogen-bond acceptors (Lipinski definition) is 5. The Hall–Kier alpha value is -2.44. The maximum Gasteiger partial charge on any atom is 0.306 e. The van der Waals surface area contributed by atoms with Crippen LogP contribution < -0.4 is 5.32 Å². The van der Waals surface area contributed by atoms with Gasteiger partial charge in [-0.2, -0.15) is 0 Å². The van der Waals surface area contributed by atoms with Crippen molar-refractivity contribution in [1.29, 1.82) is 0 Å². The van der Waals surface area contributed by atoms with Gasteiger partial charge in [0.05, 0.1) is 4.92 Å². The number of amides is 1. The molecule has 0 saturated heterocycles. The Morgan fingerprint density at radius 2 is 1.88 bits per heavy atom. The normalized spacial score (nSPS) is 16.0. The molecule has 1 aromatic rings. The van der Waals surface area contributed by atoms with Crippen molar-refractivity contribution < 1.29 is 19.2 Å². The van der Waals surface area contributed by atoms with Crippen LogP contribution in [-0.2, 0) is 14.3 Å². The number of benzene rings is 1. The lowest BCUT2D eigenvalue weighted by Crippen LogP contribution is -2.30. The molecule has 136 valence electrons. The fourth-order valence-corrected chi connectivity index (χ4v) is 3.02. The zero-order chi connectivity index (χ0) is 18.2. The Morgan fingerprint density at radius 1 is 1.24 bits per heavy atom. The second-order valence-electron chi connectivity index (χ2n) is 6.47. The van der Waals surface area contributed by atoms with E-state index in [9.17, 15) is 19.7 Å². The smallest absolute Gasteiger partial charge is 0.306 e. The van der Waals surface area contributed by atoms with E-state index in [1.165, 1.54) is 63.3 Å². The molecule has 1 unspecified atom stereocenters. The SMILES string of the molecule is CC(OC(=O)CCC1CCCCC1)C(=O)Nc1ccc([N+](=O)[O-])cc1. The van der Waals surface area contributed by atoms with E-state index in [4.69, 9.17) is 4.74 Å². The number of esters is 1. The maximum atomic E-state index is 12.1. The molecule has 0 radical (unpaired) electrons. The number of nitrogens with one attached hydrogen (secondary N) is 1. The minimum atomic E-state index is -0.908. The summed E-state index contributed by atoms with van der Waals surface area (Å²) >= 11 is 0. The van der Waals surface area contributed by atoms with Gasteiger partial charge in [-0.05, 0) is 31.4 Å². The van der Waals surface area contributed by atoms with Gasteiger partial charge in [-0.1, -0.05) is 32.1 Å². The molecule has 1 N–H and O–H groups in total. The molecule has 1 aromatic carbocycles. The summed E-state index contributed by atoms with van der Waals surface area (Å²) in [7, 11) is 0. The fourth-order valence-electron chi connectivity index (χ4n) is 3.02. The number of nitrogens with zero attached hydrogens (tertiary/aromatic N) is 1. The third kappa shape index (κ3) is 6.17. The van der Waals surface area contributed by atoms with Gasteiger partial charge < -0.3 is 10.1 Å². The Kier molecular flexibility index (Phi) is 6.91. The molecule has 7 heteroatoms. The molecule has 1 aliphatic rings. The zero-order valence-corrected chi connectivity index (χ0v) is 14.4. The van der Waals surface area contributed by atoms with Crippen LogP contribution >= 0.6 is 0 Å². The molecule has 1 amide bonds. The number of nitro groups is 1. The molecular formula is C18H24N2O5. The van der Waals surface area contributed by atoms with Crippen molar-refractivity contribution in [2.45, 2.75) is 58.0 Å². The van der Waals surface area contributed by atoms with E-state index in [0.717, 1.165) is 6.42 Å². The summed E-state index contributed by atoms with van der Waals surface area (Å²) in [5, 5.41) is 13.2. The van der Waals surface area contributed by atoms with Crippen LogP contribution in [0.25, 0.3) is 0 Å². The second kappa shape index (κ2) is 9.15. The lowest BCUT2D eigenvalue weighted by Gasteiger charge is -2.21. The molecule has 1 atom stereocenters. The van der Waals surface area contributed by atoms with E-state index in [1.54, 1.807) is 0 Å². The molecule has 1 aliphatic carbocycles. The first-order valence-corrected chi connectivity index (χ1v) is 8.70. The summed E-state index contributed by atoms with van der Waals surface area (Å²) in [4.78, 5) is 34.0. The van der Waals surface area contributed by atoms with Gasteiger partial charge in [0.15, 0.2) is 6.10 Å². The molecular weight excluding hydrogens is 324 g/mol. The Balaban J connectivity index is 1.74. The summed E-state index contributed by atoms with van der Waals surface area (Å²) in [5.41, 5.74) is 0.362. The fraction of sp³-hybridized carbons (Fsp3) is 0.556. The third-order valence-corrected chi connectivity index (χ3v) is 4.50. The van der Waals surface area contributed by atoms with Gasteiger partial charge in [-0.25, -0.2) is 0 Å². The summed E-state index contributed by atoms with van der Waals surface area (Å²) in [6.07, 6.45) is 6.32. The summed E-state index contributed by atoms with van der Waals surface area (Å²) in [6.45, 7) is 1.51. The van der Waals surface area contributed by atoms with E-state index in [0.29, 0.717) is 18.0 Å². The van der Waals surface area contributed by atoms with Gasteiger partial charge >= 0.3 is 5.97 Å². The number of carbonyl (C=O) groups is 2. The maximum absolute atomic E-state index is 12.1. The van der Waals surface area contributed by atoms with Crippen LogP contribution in [0, 0.1) is 16.0 Å². The molecule has 0 aliphatic heterocycles. The van der Waals surface area contributed by atoms with Gasteiger partial charge in [-0.3, -0.25) is 19.7 Å². The van der Waals surface area contributed by atoms with Gasteiger partial charge in [-0.15, -0.1) is 0 Å².